The summed E-state index contributed by atoms with van der Waals surface area (Å²) in [6.07, 6.45) is 11.0. The van der Waals surface area contributed by atoms with Crippen LogP contribution >= 0.6 is 0 Å². The van der Waals surface area contributed by atoms with Crippen LogP contribution < -0.4 is 0 Å². The second-order valence-electron chi connectivity index (χ2n) is 7.58. The lowest BCUT2D eigenvalue weighted by Gasteiger charge is -2.49. The lowest BCUT2D eigenvalue weighted by Crippen LogP contribution is -2.49. The zero-order chi connectivity index (χ0) is 16.2. The number of benzene rings is 2. The predicted molar refractivity (Wildman–Crippen MR) is 102 cm³/mol. The summed E-state index contributed by atoms with van der Waals surface area (Å²) in [7, 11) is 0. The van der Waals surface area contributed by atoms with E-state index in [1.807, 2.05) is 0 Å². The minimum absolute atomic E-state index is 0.313. The van der Waals surface area contributed by atoms with E-state index < -0.39 is 0 Å². The Balaban J connectivity index is 1.65. The summed E-state index contributed by atoms with van der Waals surface area (Å²) >= 11 is 0. The summed E-state index contributed by atoms with van der Waals surface area (Å²) < 4.78 is 0. The maximum atomic E-state index is 2.83. The van der Waals surface area contributed by atoms with Crippen molar-refractivity contribution in [1.82, 2.24) is 4.90 Å². The standard InChI is InChI=1S/C23H29N/c1-4-10-20(11-5-1)21-12-14-22(15-13-21)23(16-6-2-7-17-23)24-18-8-3-9-19-24/h1,4-5,10-15H,2-3,6-9,16-19H2. The third-order valence-electron chi connectivity index (χ3n) is 6.17. The molecule has 0 N–H and O–H groups in total. The lowest BCUT2D eigenvalue weighted by molar-refractivity contribution is 0.0303. The van der Waals surface area contributed by atoms with Gasteiger partial charge in [-0.15, -0.1) is 0 Å². The van der Waals surface area contributed by atoms with E-state index in [9.17, 15) is 0 Å². The molecule has 0 radical (unpaired) electrons. The number of rotatable bonds is 3. The van der Waals surface area contributed by atoms with Crippen LogP contribution in [-0.2, 0) is 5.54 Å². The summed E-state index contributed by atoms with van der Waals surface area (Å²) in [6.45, 7) is 2.58. The quantitative estimate of drug-likeness (QED) is 0.670. The van der Waals surface area contributed by atoms with E-state index in [-0.39, 0.29) is 0 Å². The van der Waals surface area contributed by atoms with E-state index in [0.717, 1.165) is 0 Å². The molecule has 2 aliphatic rings. The van der Waals surface area contributed by atoms with Crippen molar-refractivity contribution in [3.63, 3.8) is 0 Å². The van der Waals surface area contributed by atoms with E-state index >= 15 is 0 Å². The summed E-state index contributed by atoms with van der Waals surface area (Å²) in [5, 5.41) is 0. The van der Waals surface area contributed by atoms with Crippen LogP contribution in [0, 0.1) is 0 Å². The van der Waals surface area contributed by atoms with Crippen molar-refractivity contribution in [2.75, 3.05) is 13.1 Å². The summed E-state index contributed by atoms with van der Waals surface area (Å²) in [5.74, 6) is 0. The van der Waals surface area contributed by atoms with Crippen LogP contribution in [0.2, 0.25) is 0 Å². The Morgan fingerprint density at radius 1 is 0.583 bits per heavy atom. The molecule has 1 aliphatic carbocycles. The largest absolute Gasteiger partial charge is 0.294 e. The molecule has 0 atom stereocenters. The zero-order valence-corrected chi connectivity index (χ0v) is 14.7. The van der Waals surface area contributed by atoms with Gasteiger partial charge in [0.2, 0.25) is 0 Å². The molecule has 1 heteroatoms. The van der Waals surface area contributed by atoms with Crippen LogP contribution in [0.5, 0.6) is 0 Å². The first-order valence-electron chi connectivity index (χ1n) is 9.80. The SMILES string of the molecule is c1ccc(-c2ccc(C3(N4CCCCC4)CCCCC3)cc2)cc1. The van der Waals surface area contributed by atoms with Gasteiger partial charge in [0.15, 0.2) is 0 Å². The van der Waals surface area contributed by atoms with Gasteiger partial charge in [0, 0.05) is 5.54 Å². The van der Waals surface area contributed by atoms with Crippen LogP contribution in [0.3, 0.4) is 0 Å². The topological polar surface area (TPSA) is 3.24 Å². The van der Waals surface area contributed by atoms with E-state index in [1.165, 1.54) is 75.6 Å². The van der Waals surface area contributed by atoms with Crippen LogP contribution in [-0.4, -0.2) is 18.0 Å². The van der Waals surface area contributed by atoms with Crippen molar-refractivity contribution in [2.24, 2.45) is 0 Å². The van der Waals surface area contributed by atoms with E-state index in [4.69, 9.17) is 0 Å². The average molecular weight is 319 g/mol. The molecule has 0 aromatic heterocycles. The molecule has 24 heavy (non-hydrogen) atoms. The summed E-state index contributed by atoms with van der Waals surface area (Å²) in [5.41, 5.74) is 4.53. The molecule has 4 rings (SSSR count). The van der Waals surface area contributed by atoms with Gasteiger partial charge in [-0.25, -0.2) is 0 Å². The Morgan fingerprint density at radius 3 is 1.83 bits per heavy atom. The van der Waals surface area contributed by atoms with Crippen LogP contribution in [0.1, 0.15) is 56.9 Å². The van der Waals surface area contributed by atoms with Gasteiger partial charge in [0.1, 0.15) is 0 Å². The number of nitrogens with zero attached hydrogens (tertiary/aromatic N) is 1. The highest BCUT2D eigenvalue weighted by molar-refractivity contribution is 5.63. The molecular weight excluding hydrogens is 290 g/mol. The monoisotopic (exact) mass is 319 g/mol. The summed E-state index contributed by atoms with van der Waals surface area (Å²) in [4.78, 5) is 2.83. The van der Waals surface area contributed by atoms with Gasteiger partial charge < -0.3 is 0 Å². The van der Waals surface area contributed by atoms with Crippen molar-refractivity contribution in [2.45, 2.75) is 56.9 Å². The van der Waals surface area contributed by atoms with E-state index in [1.54, 1.807) is 5.56 Å². The molecule has 0 spiro atoms. The molecule has 1 aliphatic heterocycles. The third kappa shape index (κ3) is 3.02. The molecule has 2 aromatic carbocycles. The minimum atomic E-state index is 0.313. The predicted octanol–water partition coefficient (Wildman–Crippen LogP) is 6.00. The third-order valence-corrected chi connectivity index (χ3v) is 6.17. The molecule has 0 bridgehead atoms. The van der Waals surface area contributed by atoms with E-state index in [2.05, 4.69) is 59.5 Å². The maximum absolute atomic E-state index is 2.83. The first-order chi connectivity index (χ1) is 11.9. The molecule has 2 aromatic rings. The number of likely N-dealkylation sites (tertiary alicyclic amines) is 1. The molecular formula is C23H29N. The Hall–Kier alpha value is -1.60. The Labute approximate surface area is 146 Å². The second kappa shape index (κ2) is 7.11. The highest BCUT2D eigenvalue weighted by Crippen LogP contribution is 2.43. The number of hydrogen-bond donors (Lipinski definition) is 0. The molecule has 0 unspecified atom stereocenters. The molecule has 1 heterocycles. The van der Waals surface area contributed by atoms with Crippen molar-refractivity contribution >= 4 is 0 Å². The molecule has 1 nitrogen and oxygen atoms in total. The highest BCUT2D eigenvalue weighted by Gasteiger charge is 2.39. The smallest absolute Gasteiger partial charge is 0.0460 e. The van der Waals surface area contributed by atoms with Gasteiger partial charge in [-0.3, -0.25) is 4.90 Å². The summed E-state index contributed by atoms with van der Waals surface area (Å²) in [6, 6.07) is 20.3. The highest BCUT2D eigenvalue weighted by atomic mass is 15.2. The van der Waals surface area contributed by atoms with Crippen molar-refractivity contribution < 1.29 is 0 Å². The van der Waals surface area contributed by atoms with Gasteiger partial charge in [-0.1, -0.05) is 80.3 Å². The fourth-order valence-electron chi connectivity index (χ4n) is 4.85. The van der Waals surface area contributed by atoms with Crippen molar-refractivity contribution in [3.8, 4) is 11.1 Å². The Bertz CT molecular complexity index is 631. The Kier molecular flexibility index (Phi) is 4.71. The zero-order valence-electron chi connectivity index (χ0n) is 14.7. The fourth-order valence-corrected chi connectivity index (χ4v) is 4.85. The van der Waals surface area contributed by atoms with Gasteiger partial charge in [0.05, 0.1) is 0 Å². The number of hydrogen-bond acceptors (Lipinski definition) is 1. The van der Waals surface area contributed by atoms with Crippen molar-refractivity contribution in [3.05, 3.63) is 60.2 Å². The molecule has 126 valence electrons. The average Bonchev–Trinajstić information content (AvgIpc) is 2.70. The van der Waals surface area contributed by atoms with E-state index in [0.29, 0.717) is 5.54 Å². The number of piperidine rings is 1. The molecule has 2 fully saturated rings. The lowest BCUT2D eigenvalue weighted by atomic mass is 9.74. The Morgan fingerprint density at radius 2 is 1.17 bits per heavy atom. The van der Waals surface area contributed by atoms with Gasteiger partial charge in [-0.2, -0.15) is 0 Å². The van der Waals surface area contributed by atoms with Crippen LogP contribution in [0.25, 0.3) is 11.1 Å². The maximum Gasteiger partial charge on any atom is 0.0460 e. The van der Waals surface area contributed by atoms with Gasteiger partial charge in [0.25, 0.3) is 0 Å². The second-order valence-corrected chi connectivity index (χ2v) is 7.58. The normalized spacial score (nSPS) is 21.5. The van der Waals surface area contributed by atoms with Crippen molar-refractivity contribution in [1.29, 1.82) is 0 Å². The molecule has 1 saturated heterocycles. The van der Waals surface area contributed by atoms with Gasteiger partial charge >= 0.3 is 0 Å². The van der Waals surface area contributed by atoms with Crippen LogP contribution in [0.15, 0.2) is 54.6 Å². The molecule has 1 saturated carbocycles. The first kappa shape index (κ1) is 15.9. The first-order valence-corrected chi connectivity index (χ1v) is 9.80. The van der Waals surface area contributed by atoms with Crippen LogP contribution in [0.4, 0.5) is 0 Å². The molecule has 0 amide bonds. The minimum Gasteiger partial charge on any atom is -0.294 e. The van der Waals surface area contributed by atoms with Gasteiger partial charge in [-0.05, 0) is 55.5 Å². The fraction of sp³-hybridized carbons (Fsp3) is 0.478.